The van der Waals surface area contributed by atoms with Crippen molar-refractivity contribution >= 4 is 0 Å². The lowest BCUT2D eigenvalue weighted by atomic mass is 10.1. The molecule has 0 aliphatic rings. The van der Waals surface area contributed by atoms with Gasteiger partial charge in [0.1, 0.15) is 23.8 Å². The van der Waals surface area contributed by atoms with E-state index in [1.807, 2.05) is 19.9 Å². The highest BCUT2D eigenvalue weighted by Crippen LogP contribution is 2.25. The Bertz CT molecular complexity index is 619. The van der Waals surface area contributed by atoms with Crippen LogP contribution in [0, 0.1) is 11.3 Å². The third-order valence-electron chi connectivity index (χ3n) is 2.17. The van der Waals surface area contributed by atoms with Crippen molar-refractivity contribution in [2.24, 2.45) is 0 Å². The summed E-state index contributed by atoms with van der Waals surface area (Å²) in [6.07, 6.45) is -3.50. The lowest BCUT2D eigenvalue weighted by molar-refractivity contribution is -0.274. The maximum atomic E-state index is 12.0. The highest BCUT2D eigenvalue weighted by Gasteiger charge is 2.30. The third kappa shape index (κ3) is 5.10. The fourth-order valence-electron chi connectivity index (χ4n) is 1.40. The molecule has 110 valence electrons. The molecule has 0 spiro atoms. The zero-order chi connectivity index (χ0) is 15.9. The van der Waals surface area contributed by atoms with Gasteiger partial charge in [-0.2, -0.15) is 5.26 Å². The van der Waals surface area contributed by atoms with Crippen LogP contribution in [0.1, 0.15) is 19.5 Å². The largest absolute Gasteiger partial charge is 0.573 e. The van der Waals surface area contributed by atoms with E-state index in [4.69, 9.17) is 5.26 Å². The predicted octanol–water partition coefficient (Wildman–Crippen LogP) is 3.94. The molecule has 2 aromatic rings. The predicted molar refractivity (Wildman–Crippen MR) is 70.2 cm³/mol. The molecule has 7 heteroatoms. The minimum atomic E-state index is -4.72. The Morgan fingerprint density at radius 2 is 1.71 bits per heavy atom. The van der Waals surface area contributed by atoms with Crippen molar-refractivity contribution in [1.82, 2.24) is 9.97 Å². The van der Waals surface area contributed by atoms with Crippen LogP contribution in [0.15, 0.2) is 36.7 Å². The molecule has 0 unspecified atom stereocenters. The average molecular weight is 295 g/mol. The van der Waals surface area contributed by atoms with Crippen molar-refractivity contribution < 1.29 is 17.9 Å². The Labute approximate surface area is 119 Å². The molecular weight excluding hydrogens is 283 g/mol. The van der Waals surface area contributed by atoms with E-state index in [0.29, 0.717) is 11.3 Å². The monoisotopic (exact) mass is 295 g/mol. The van der Waals surface area contributed by atoms with E-state index in [9.17, 15) is 13.2 Å². The Morgan fingerprint density at radius 3 is 2.24 bits per heavy atom. The standard InChI is InChI=1S/C12H6F3N3O.C2H6/c13-12(14,15)19-10-3-1-8(2-4-10)11-5-9(6-16)17-7-18-11;1-2/h1-5,7H;1-2H3. The second-order valence-corrected chi connectivity index (χ2v) is 3.47. The molecule has 1 aromatic carbocycles. The normalized spacial score (nSPS) is 10.1. The topological polar surface area (TPSA) is 58.8 Å². The van der Waals surface area contributed by atoms with Crippen molar-refractivity contribution in [3.05, 3.63) is 42.4 Å². The summed E-state index contributed by atoms with van der Waals surface area (Å²) in [7, 11) is 0. The summed E-state index contributed by atoms with van der Waals surface area (Å²) in [5, 5.41) is 8.70. The van der Waals surface area contributed by atoms with Crippen LogP contribution in [-0.2, 0) is 0 Å². The zero-order valence-corrected chi connectivity index (χ0v) is 11.3. The Kier molecular flexibility index (Phi) is 5.67. The van der Waals surface area contributed by atoms with E-state index in [1.165, 1.54) is 36.7 Å². The molecule has 0 N–H and O–H groups in total. The van der Waals surface area contributed by atoms with Crippen molar-refractivity contribution in [2.45, 2.75) is 20.2 Å². The Morgan fingerprint density at radius 1 is 1.10 bits per heavy atom. The number of rotatable bonds is 2. The van der Waals surface area contributed by atoms with Gasteiger partial charge >= 0.3 is 6.36 Å². The molecule has 0 saturated heterocycles. The number of hydrogen-bond donors (Lipinski definition) is 0. The smallest absolute Gasteiger partial charge is 0.406 e. The third-order valence-corrected chi connectivity index (χ3v) is 2.17. The molecule has 4 nitrogen and oxygen atoms in total. The van der Waals surface area contributed by atoms with Crippen LogP contribution < -0.4 is 4.74 Å². The van der Waals surface area contributed by atoms with Gasteiger partial charge in [-0.15, -0.1) is 13.2 Å². The number of alkyl halides is 3. The summed E-state index contributed by atoms with van der Waals surface area (Å²) in [6, 6.07) is 8.50. The minimum absolute atomic E-state index is 0.181. The Hall–Kier alpha value is -2.62. The molecule has 0 aliphatic carbocycles. The number of aromatic nitrogens is 2. The summed E-state index contributed by atoms with van der Waals surface area (Å²) in [6.45, 7) is 4.00. The van der Waals surface area contributed by atoms with Crippen LogP contribution in [0.3, 0.4) is 0 Å². The van der Waals surface area contributed by atoms with Gasteiger partial charge in [-0.25, -0.2) is 9.97 Å². The van der Waals surface area contributed by atoms with E-state index < -0.39 is 6.36 Å². The summed E-state index contributed by atoms with van der Waals surface area (Å²) in [5.74, 6) is -0.314. The number of nitrogens with zero attached hydrogens (tertiary/aromatic N) is 3. The summed E-state index contributed by atoms with van der Waals surface area (Å²) < 4.78 is 39.7. The average Bonchev–Trinajstić information content (AvgIpc) is 2.48. The molecule has 0 aliphatic heterocycles. The molecule has 0 bridgehead atoms. The molecule has 0 saturated carbocycles. The zero-order valence-electron chi connectivity index (χ0n) is 11.3. The van der Waals surface area contributed by atoms with Crippen LogP contribution in [0.5, 0.6) is 5.75 Å². The highest BCUT2D eigenvalue weighted by atomic mass is 19.4. The van der Waals surface area contributed by atoms with Crippen molar-refractivity contribution in [2.75, 3.05) is 0 Å². The molecule has 0 fully saturated rings. The molecule has 0 atom stereocenters. The van der Waals surface area contributed by atoms with Crippen LogP contribution in [0.2, 0.25) is 0 Å². The Balaban J connectivity index is 0.00000106. The summed E-state index contributed by atoms with van der Waals surface area (Å²) in [5.41, 5.74) is 1.19. The minimum Gasteiger partial charge on any atom is -0.406 e. The van der Waals surface area contributed by atoms with Crippen molar-refractivity contribution in [1.29, 1.82) is 5.26 Å². The highest BCUT2D eigenvalue weighted by molar-refractivity contribution is 5.60. The molecule has 0 amide bonds. The molecule has 0 radical (unpaired) electrons. The van der Waals surface area contributed by atoms with E-state index in [0.717, 1.165) is 0 Å². The maximum Gasteiger partial charge on any atom is 0.573 e. The first kappa shape index (κ1) is 16.4. The van der Waals surface area contributed by atoms with Gasteiger partial charge in [-0.3, -0.25) is 0 Å². The fraction of sp³-hybridized carbons (Fsp3) is 0.214. The fourth-order valence-corrected chi connectivity index (χ4v) is 1.40. The maximum absolute atomic E-state index is 12.0. The first-order valence-corrected chi connectivity index (χ1v) is 6.06. The lowest BCUT2D eigenvalue weighted by Crippen LogP contribution is -2.16. The number of benzene rings is 1. The molecule has 1 heterocycles. The van der Waals surface area contributed by atoms with Gasteiger partial charge in [0, 0.05) is 11.6 Å². The van der Waals surface area contributed by atoms with Gasteiger partial charge < -0.3 is 4.74 Å². The van der Waals surface area contributed by atoms with Gasteiger partial charge in [0.2, 0.25) is 0 Å². The van der Waals surface area contributed by atoms with Gasteiger partial charge in [-0.1, -0.05) is 13.8 Å². The van der Waals surface area contributed by atoms with Gasteiger partial charge in [0.25, 0.3) is 0 Å². The van der Waals surface area contributed by atoms with E-state index >= 15 is 0 Å². The van der Waals surface area contributed by atoms with Gasteiger partial charge in [-0.05, 0) is 24.3 Å². The summed E-state index contributed by atoms with van der Waals surface area (Å²) in [4.78, 5) is 7.64. The quantitative estimate of drug-likeness (QED) is 0.842. The van der Waals surface area contributed by atoms with E-state index in [2.05, 4.69) is 14.7 Å². The number of ether oxygens (including phenoxy) is 1. The molecule has 2 rings (SSSR count). The van der Waals surface area contributed by atoms with Crippen LogP contribution >= 0.6 is 0 Å². The van der Waals surface area contributed by atoms with Crippen LogP contribution in [-0.4, -0.2) is 16.3 Å². The van der Waals surface area contributed by atoms with Crippen molar-refractivity contribution in [3.8, 4) is 23.1 Å². The van der Waals surface area contributed by atoms with Gasteiger partial charge in [0.15, 0.2) is 0 Å². The molecule has 1 aromatic heterocycles. The van der Waals surface area contributed by atoms with Crippen LogP contribution in [0.25, 0.3) is 11.3 Å². The van der Waals surface area contributed by atoms with Crippen molar-refractivity contribution in [3.63, 3.8) is 0 Å². The first-order valence-electron chi connectivity index (χ1n) is 6.06. The summed E-state index contributed by atoms with van der Waals surface area (Å²) >= 11 is 0. The lowest BCUT2D eigenvalue weighted by Gasteiger charge is -2.09. The van der Waals surface area contributed by atoms with Crippen LogP contribution in [0.4, 0.5) is 13.2 Å². The SMILES string of the molecule is CC.N#Cc1cc(-c2ccc(OC(F)(F)F)cc2)ncn1. The molecule has 21 heavy (non-hydrogen) atoms. The first-order chi connectivity index (χ1) is 9.98. The number of hydrogen-bond acceptors (Lipinski definition) is 4. The van der Waals surface area contributed by atoms with Gasteiger partial charge in [0.05, 0.1) is 5.69 Å². The number of halogens is 3. The van der Waals surface area contributed by atoms with E-state index in [-0.39, 0.29) is 11.4 Å². The second-order valence-electron chi connectivity index (χ2n) is 3.47. The second kappa shape index (κ2) is 7.24. The number of nitriles is 1. The molecular formula is C14H12F3N3O. The van der Waals surface area contributed by atoms with E-state index in [1.54, 1.807) is 0 Å².